The molecule has 4 heteroatoms. The number of nitrogens with zero attached hydrogens (tertiary/aromatic N) is 1. The van der Waals surface area contributed by atoms with Gasteiger partial charge in [-0.2, -0.15) is 0 Å². The summed E-state index contributed by atoms with van der Waals surface area (Å²) in [6.07, 6.45) is 0.599. The third kappa shape index (κ3) is 3.03. The molecule has 1 rings (SSSR count). The Bertz CT molecular complexity index is 368. The fourth-order valence-electron chi connectivity index (χ4n) is 1.50. The molecule has 0 amide bonds. The van der Waals surface area contributed by atoms with Gasteiger partial charge >= 0.3 is 0 Å². The summed E-state index contributed by atoms with van der Waals surface area (Å²) in [7, 11) is 3.92. The molecule has 0 fully saturated rings. The van der Waals surface area contributed by atoms with Gasteiger partial charge in [0.2, 0.25) is 0 Å². The van der Waals surface area contributed by atoms with Gasteiger partial charge in [0.25, 0.3) is 0 Å². The second-order valence-electron chi connectivity index (χ2n) is 4.51. The van der Waals surface area contributed by atoms with Crippen LogP contribution in [0.4, 0.5) is 4.39 Å². The van der Waals surface area contributed by atoms with Crippen molar-refractivity contribution in [1.29, 1.82) is 0 Å². The third-order valence-corrected chi connectivity index (χ3v) is 3.59. The number of hydrogen-bond acceptors (Lipinski definition) is 2. The van der Waals surface area contributed by atoms with E-state index >= 15 is 0 Å². The Morgan fingerprint density at radius 2 is 2.06 bits per heavy atom. The molecule has 0 aliphatic carbocycles. The molecule has 2 N–H and O–H groups in total. The van der Waals surface area contributed by atoms with Gasteiger partial charge in [0, 0.05) is 16.6 Å². The Balaban J connectivity index is 2.98. The molecule has 0 saturated heterocycles. The Kier molecular flexibility index (Phi) is 4.47. The highest BCUT2D eigenvalue weighted by molar-refractivity contribution is 9.10. The van der Waals surface area contributed by atoms with Crippen molar-refractivity contribution in [3.63, 3.8) is 0 Å². The summed E-state index contributed by atoms with van der Waals surface area (Å²) < 4.78 is 14.5. The Morgan fingerprint density at radius 1 is 1.44 bits per heavy atom. The van der Waals surface area contributed by atoms with Crippen LogP contribution in [0, 0.1) is 5.82 Å². The monoisotopic (exact) mass is 288 g/mol. The van der Waals surface area contributed by atoms with E-state index in [1.54, 1.807) is 6.07 Å². The highest BCUT2D eigenvalue weighted by atomic mass is 79.9. The number of halogens is 2. The Labute approximate surface area is 105 Å². The molecule has 0 spiro atoms. The largest absolute Gasteiger partial charge is 0.329 e. The maximum absolute atomic E-state index is 13.6. The molecule has 0 bridgehead atoms. The summed E-state index contributed by atoms with van der Waals surface area (Å²) in [4.78, 5) is 2.04. The van der Waals surface area contributed by atoms with E-state index in [1.807, 2.05) is 32.0 Å². The zero-order valence-corrected chi connectivity index (χ0v) is 11.5. The molecular weight excluding hydrogens is 271 g/mol. The highest BCUT2D eigenvalue weighted by Crippen LogP contribution is 2.22. The van der Waals surface area contributed by atoms with Crippen molar-refractivity contribution >= 4 is 15.9 Å². The fourth-order valence-corrected chi connectivity index (χ4v) is 1.91. The summed E-state index contributed by atoms with van der Waals surface area (Å²) in [5.41, 5.74) is 6.24. The number of likely N-dealkylation sites (N-methyl/N-ethyl adjacent to an activating group) is 1. The first-order valence-electron chi connectivity index (χ1n) is 5.20. The molecular formula is C12H18BrFN2. The zero-order valence-electron chi connectivity index (χ0n) is 9.93. The molecule has 0 aromatic heterocycles. The van der Waals surface area contributed by atoms with E-state index in [1.165, 1.54) is 6.07 Å². The molecule has 90 valence electrons. The molecule has 0 aliphatic heterocycles. The normalized spacial score (nSPS) is 15.2. The van der Waals surface area contributed by atoms with Gasteiger partial charge in [-0.05, 0) is 51.2 Å². The van der Waals surface area contributed by atoms with Crippen molar-refractivity contribution in [2.45, 2.75) is 18.9 Å². The van der Waals surface area contributed by atoms with E-state index in [0.717, 1.165) is 4.47 Å². The summed E-state index contributed by atoms with van der Waals surface area (Å²) in [5, 5.41) is 0. The van der Waals surface area contributed by atoms with Crippen LogP contribution in [0.5, 0.6) is 0 Å². The standard InChI is InChI=1S/C12H18BrFN2/c1-12(8-15,16(2)3)7-9-6-10(13)4-5-11(9)14/h4-6H,7-8,15H2,1-3H3. The van der Waals surface area contributed by atoms with Crippen molar-refractivity contribution < 1.29 is 4.39 Å². The Hall–Kier alpha value is -0.450. The van der Waals surface area contributed by atoms with Gasteiger partial charge < -0.3 is 10.6 Å². The van der Waals surface area contributed by atoms with Gasteiger partial charge in [-0.25, -0.2) is 4.39 Å². The molecule has 0 radical (unpaired) electrons. The molecule has 2 nitrogen and oxygen atoms in total. The first kappa shape index (κ1) is 13.6. The molecule has 1 aromatic carbocycles. The van der Waals surface area contributed by atoms with Crippen LogP contribution in [0.3, 0.4) is 0 Å². The van der Waals surface area contributed by atoms with E-state index in [9.17, 15) is 4.39 Å². The smallest absolute Gasteiger partial charge is 0.126 e. The Morgan fingerprint density at radius 3 is 2.56 bits per heavy atom. The summed E-state index contributed by atoms with van der Waals surface area (Å²) in [6.45, 7) is 2.53. The third-order valence-electron chi connectivity index (χ3n) is 3.10. The summed E-state index contributed by atoms with van der Waals surface area (Å²) in [6, 6.07) is 4.99. The minimum atomic E-state index is -0.221. The van der Waals surface area contributed by atoms with Crippen molar-refractivity contribution in [2.75, 3.05) is 20.6 Å². The molecule has 16 heavy (non-hydrogen) atoms. The highest BCUT2D eigenvalue weighted by Gasteiger charge is 2.26. The van der Waals surface area contributed by atoms with Gasteiger partial charge in [0.15, 0.2) is 0 Å². The maximum Gasteiger partial charge on any atom is 0.126 e. The van der Waals surface area contributed by atoms with E-state index in [-0.39, 0.29) is 11.4 Å². The molecule has 0 saturated carbocycles. The lowest BCUT2D eigenvalue weighted by atomic mass is 9.91. The van der Waals surface area contributed by atoms with E-state index in [2.05, 4.69) is 15.9 Å². The van der Waals surface area contributed by atoms with Crippen LogP contribution in [0.2, 0.25) is 0 Å². The maximum atomic E-state index is 13.6. The van der Waals surface area contributed by atoms with Crippen molar-refractivity contribution in [2.24, 2.45) is 5.73 Å². The van der Waals surface area contributed by atoms with Crippen molar-refractivity contribution in [3.05, 3.63) is 34.1 Å². The second kappa shape index (κ2) is 5.25. The number of rotatable bonds is 4. The molecule has 0 heterocycles. The SMILES string of the molecule is CN(C)C(C)(CN)Cc1cc(Br)ccc1F. The molecule has 0 aliphatic rings. The van der Waals surface area contributed by atoms with Crippen LogP contribution in [-0.4, -0.2) is 31.1 Å². The fraction of sp³-hybridized carbons (Fsp3) is 0.500. The second-order valence-corrected chi connectivity index (χ2v) is 5.42. The van der Waals surface area contributed by atoms with E-state index in [0.29, 0.717) is 18.5 Å². The summed E-state index contributed by atoms with van der Waals surface area (Å²) in [5.74, 6) is -0.176. The molecule has 1 unspecified atom stereocenters. The predicted molar refractivity (Wildman–Crippen MR) is 69.0 cm³/mol. The van der Waals surface area contributed by atoms with Gasteiger partial charge in [-0.15, -0.1) is 0 Å². The summed E-state index contributed by atoms with van der Waals surface area (Å²) >= 11 is 3.35. The lowest BCUT2D eigenvalue weighted by Crippen LogP contribution is -2.49. The first-order valence-corrected chi connectivity index (χ1v) is 6.00. The number of hydrogen-bond donors (Lipinski definition) is 1. The van der Waals surface area contributed by atoms with Crippen LogP contribution in [0.15, 0.2) is 22.7 Å². The van der Waals surface area contributed by atoms with Crippen LogP contribution >= 0.6 is 15.9 Å². The lowest BCUT2D eigenvalue weighted by molar-refractivity contribution is 0.179. The van der Waals surface area contributed by atoms with Crippen molar-refractivity contribution in [1.82, 2.24) is 4.90 Å². The number of nitrogens with two attached hydrogens (primary N) is 1. The van der Waals surface area contributed by atoms with Gasteiger partial charge in [0.1, 0.15) is 5.82 Å². The predicted octanol–water partition coefficient (Wildman–Crippen LogP) is 2.41. The number of benzene rings is 1. The first-order chi connectivity index (χ1) is 7.39. The van der Waals surface area contributed by atoms with Gasteiger partial charge in [0.05, 0.1) is 0 Å². The minimum Gasteiger partial charge on any atom is -0.329 e. The van der Waals surface area contributed by atoms with Gasteiger partial charge in [-0.1, -0.05) is 15.9 Å². The topological polar surface area (TPSA) is 29.3 Å². The quantitative estimate of drug-likeness (QED) is 0.922. The van der Waals surface area contributed by atoms with Crippen LogP contribution in [0.25, 0.3) is 0 Å². The van der Waals surface area contributed by atoms with E-state index in [4.69, 9.17) is 5.73 Å². The van der Waals surface area contributed by atoms with E-state index < -0.39 is 0 Å². The van der Waals surface area contributed by atoms with Crippen LogP contribution < -0.4 is 5.73 Å². The van der Waals surface area contributed by atoms with Crippen LogP contribution in [-0.2, 0) is 6.42 Å². The average molecular weight is 289 g/mol. The zero-order chi connectivity index (χ0) is 12.3. The minimum absolute atomic E-state index is 0.176. The molecule has 1 aromatic rings. The van der Waals surface area contributed by atoms with Crippen molar-refractivity contribution in [3.8, 4) is 0 Å². The van der Waals surface area contributed by atoms with Gasteiger partial charge in [-0.3, -0.25) is 0 Å². The lowest BCUT2D eigenvalue weighted by Gasteiger charge is -2.35. The molecule has 1 atom stereocenters. The average Bonchev–Trinajstić information content (AvgIpc) is 2.23. The van der Waals surface area contributed by atoms with Crippen LogP contribution in [0.1, 0.15) is 12.5 Å².